The molecule has 0 spiro atoms. The molecule has 0 bridgehead atoms. The average molecular weight is 333 g/mol. The Kier molecular flexibility index (Phi) is 7.46. The van der Waals surface area contributed by atoms with Gasteiger partial charge in [-0.05, 0) is 37.9 Å². The fourth-order valence-electron chi connectivity index (χ4n) is 3.08. The van der Waals surface area contributed by atoms with Crippen molar-refractivity contribution in [3.63, 3.8) is 0 Å². The maximum Gasteiger partial charge on any atom is 0.221 e. The first-order chi connectivity index (χ1) is 11.6. The molecule has 0 saturated carbocycles. The van der Waals surface area contributed by atoms with Crippen LogP contribution in [0.1, 0.15) is 38.2 Å². The van der Waals surface area contributed by atoms with Crippen molar-refractivity contribution in [3.8, 4) is 0 Å². The fraction of sp³-hybridized carbons (Fsp3) is 0.667. The van der Waals surface area contributed by atoms with Crippen LogP contribution >= 0.6 is 0 Å². The Hall–Kier alpha value is -1.66. The molecule has 1 atom stereocenters. The summed E-state index contributed by atoms with van der Waals surface area (Å²) in [6.45, 7) is 6.15. The van der Waals surface area contributed by atoms with Crippen molar-refractivity contribution >= 4 is 11.7 Å². The monoisotopic (exact) mass is 333 g/mol. The minimum Gasteiger partial charge on any atom is -0.360 e. The lowest BCUT2D eigenvalue weighted by Crippen LogP contribution is -2.46. The number of hydrogen-bond acceptors (Lipinski definition) is 5. The summed E-state index contributed by atoms with van der Waals surface area (Å²) in [7, 11) is 2.05. The molecule has 2 heterocycles. The van der Waals surface area contributed by atoms with E-state index in [2.05, 4.69) is 39.2 Å². The van der Waals surface area contributed by atoms with Crippen molar-refractivity contribution in [2.75, 3.05) is 38.1 Å². The minimum atomic E-state index is 0.0524. The number of rotatable bonds is 8. The van der Waals surface area contributed by atoms with E-state index < -0.39 is 0 Å². The van der Waals surface area contributed by atoms with Gasteiger partial charge in [-0.2, -0.15) is 0 Å². The molecule has 0 radical (unpaired) electrons. The van der Waals surface area contributed by atoms with Crippen LogP contribution < -0.4 is 16.0 Å². The van der Waals surface area contributed by atoms with E-state index in [4.69, 9.17) is 5.73 Å². The maximum atomic E-state index is 11.7. The van der Waals surface area contributed by atoms with E-state index in [0.717, 1.165) is 31.9 Å². The van der Waals surface area contributed by atoms with Gasteiger partial charge in [-0.15, -0.1) is 0 Å². The van der Waals surface area contributed by atoms with E-state index in [-0.39, 0.29) is 5.91 Å². The van der Waals surface area contributed by atoms with Crippen molar-refractivity contribution in [2.24, 2.45) is 5.73 Å². The molecule has 6 heteroatoms. The highest BCUT2D eigenvalue weighted by atomic mass is 16.1. The Morgan fingerprint density at radius 3 is 2.96 bits per heavy atom. The Morgan fingerprint density at radius 1 is 1.46 bits per heavy atom. The number of carbonyl (C=O) groups is 1. The third-order valence-electron chi connectivity index (χ3n) is 4.72. The molecule has 2 rings (SSSR count). The highest BCUT2D eigenvalue weighted by Gasteiger charge is 2.22. The second-order valence-corrected chi connectivity index (χ2v) is 6.50. The molecule has 0 aliphatic carbocycles. The molecule has 3 N–H and O–H groups in total. The number of carbonyl (C=O) groups excluding carboxylic acids is 1. The zero-order valence-electron chi connectivity index (χ0n) is 15.0. The van der Waals surface area contributed by atoms with Gasteiger partial charge in [0, 0.05) is 51.9 Å². The van der Waals surface area contributed by atoms with E-state index in [9.17, 15) is 4.79 Å². The molecule has 1 aromatic rings. The fourth-order valence-corrected chi connectivity index (χ4v) is 3.08. The van der Waals surface area contributed by atoms with Gasteiger partial charge in [-0.3, -0.25) is 9.69 Å². The normalized spacial score (nSPS) is 18.4. The molecular formula is C18H31N5O. The van der Waals surface area contributed by atoms with Crippen LogP contribution in [-0.2, 0) is 11.3 Å². The number of nitrogens with two attached hydrogens (primary N) is 1. The zero-order chi connectivity index (χ0) is 17.4. The van der Waals surface area contributed by atoms with Gasteiger partial charge in [0.1, 0.15) is 5.82 Å². The number of aromatic nitrogens is 1. The molecular weight excluding hydrogens is 302 g/mol. The largest absolute Gasteiger partial charge is 0.360 e. The first-order valence-corrected chi connectivity index (χ1v) is 9.01. The number of anilines is 1. The van der Waals surface area contributed by atoms with Gasteiger partial charge in [-0.1, -0.05) is 12.5 Å². The summed E-state index contributed by atoms with van der Waals surface area (Å²) >= 11 is 0. The molecule has 1 amide bonds. The number of pyridine rings is 1. The second-order valence-electron chi connectivity index (χ2n) is 6.50. The molecule has 1 aromatic heterocycles. The smallest absolute Gasteiger partial charge is 0.221 e. The quantitative estimate of drug-likeness (QED) is 0.751. The van der Waals surface area contributed by atoms with Gasteiger partial charge >= 0.3 is 0 Å². The minimum absolute atomic E-state index is 0.0524. The Balaban J connectivity index is 1.91. The van der Waals surface area contributed by atoms with E-state index >= 15 is 0 Å². The number of hydrogen-bond donors (Lipinski definition) is 2. The van der Waals surface area contributed by atoms with Crippen LogP contribution in [0.3, 0.4) is 0 Å². The molecule has 1 fully saturated rings. The topological polar surface area (TPSA) is 74.5 Å². The van der Waals surface area contributed by atoms with Gasteiger partial charge < -0.3 is 16.0 Å². The van der Waals surface area contributed by atoms with Crippen LogP contribution in [0, 0.1) is 0 Å². The van der Waals surface area contributed by atoms with Gasteiger partial charge in [0.25, 0.3) is 0 Å². The number of nitrogens with zero attached hydrogens (tertiary/aromatic N) is 3. The number of likely N-dealkylation sites (tertiary alicyclic amines) is 1. The standard InChI is InChI=1S/C18H31N5O/c1-3-22(2)17-8-7-15(12-20-17)14-23-11-5-4-6-16(23)13-21-18(24)9-10-19/h7-8,12,16H,3-6,9-11,13-14,19H2,1-2H3,(H,21,24). The van der Waals surface area contributed by atoms with Crippen LogP contribution in [0.4, 0.5) is 5.82 Å². The Bertz CT molecular complexity index is 505. The predicted octanol–water partition coefficient (Wildman–Crippen LogP) is 1.36. The number of nitrogens with one attached hydrogen (secondary N) is 1. The zero-order valence-corrected chi connectivity index (χ0v) is 15.0. The summed E-state index contributed by atoms with van der Waals surface area (Å²) in [4.78, 5) is 20.8. The number of amides is 1. The van der Waals surface area contributed by atoms with Crippen molar-refractivity contribution in [3.05, 3.63) is 23.9 Å². The van der Waals surface area contributed by atoms with Crippen LogP contribution in [0.2, 0.25) is 0 Å². The average Bonchev–Trinajstić information content (AvgIpc) is 2.61. The van der Waals surface area contributed by atoms with Crippen LogP contribution in [0.5, 0.6) is 0 Å². The molecule has 1 aliphatic heterocycles. The van der Waals surface area contributed by atoms with Crippen LogP contribution in [0.25, 0.3) is 0 Å². The van der Waals surface area contributed by atoms with Crippen molar-refractivity contribution < 1.29 is 4.79 Å². The number of piperidine rings is 1. The highest BCUT2D eigenvalue weighted by molar-refractivity contribution is 5.76. The van der Waals surface area contributed by atoms with Crippen molar-refractivity contribution in [2.45, 2.75) is 45.2 Å². The van der Waals surface area contributed by atoms with E-state index in [1.165, 1.54) is 18.4 Å². The molecule has 6 nitrogen and oxygen atoms in total. The first-order valence-electron chi connectivity index (χ1n) is 9.01. The molecule has 134 valence electrons. The van der Waals surface area contributed by atoms with Crippen LogP contribution in [-0.4, -0.2) is 55.1 Å². The molecule has 1 unspecified atom stereocenters. The van der Waals surface area contributed by atoms with Crippen molar-refractivity contribution in [1.82, 2.24) is 15.2 Å². The lowest BCUT2D eigenvalue weighted by Gasteiger charge is -2.35. The molecule has 0 aromatic carbocycles. The SMILES string of the molecule is CCN(C)c1ccc(CN2CCCCC2CNC(=O)CCN)cn1. The summed E-state index contributed by atoms with van der Waals surface area (Å²) in [5.41, 5.74) is 6.65. The van der Waals surface area contributed by atoms with E-state index in [0.29, 0.717) is 25.6 Å². The molecule has 24 heavy (non-hydrogen) atoms. The summed E-state index contributed by atoms with van der Waals surface area (Å²) in [5.74, 6) is 1.06. The Morgan fingerprint density at radius 2 is 2.29 bits per heavy atom. The molecule has 1 saturated heterocycles. The predicted molar refractivity (Wildman–Crippen MR) is 97.9 cm³/mol. The lowest BCUT2D eigenvalue weighted by atomic mass is 10.0. The van der Waals surface area contributed by atoms with E-state index in [1.807, 2.05) is 13.2 Å². The van der Waals surface area contributed by atoms with E-state index in [1.54, 1.807) is 0 Å². The summed E-state index contributed by atoms with van der Waals surface area (Å²) in [6, 6.07) is 4.65. The Labute approximate surface area is 145 Å². The van der Waals surface area contributed by atoms with Gasteiger partial charge in [0.05, 0.1) is 0 Å². The summed E-state index contributed by atoms with van der Waals surface area (Å²) in [5, 5.41) is 3.02. The first kappa shape index (κ1) is 18.7. The maximum absolute atomic E-state index is 11.7. The molecule has 1 aliphatic rings. The van der Waals surface area contributed by atoms with Gasteiger partial charge in [-0.25, -0.2) is 4.98 Å². The summed E-state index contributed by atoms with van der Waals surface area (Å²) < 4.78 is 0. The van der Waals surface area contributed by atoms with Crippen LogP contribution in [0.15, 0.2) is 18.3 Å². The third kappa shape index (κ3) is 5.46. The third-order valence-corrected chi connectivity index (χ3v) is 4.72. The lowest BCUT2D eigenvalue weighted by molar-refractivity contribution is -0.121. The highest BCUT2D eigenvalue weighted by Crippen LogP contribution is 2.20. The van der Waals surface area contributed by atoms with Gasteiger partial charge in [0.2, 0.25) is 5.91 Å². The van der Waals surface area contributed by atoms with Gasteiger partial charge in [0.15, 0.2) is 0 Å². The summed E-state index contributed by atoms with van der Waals surface area (Å²) in [6.07, 6.45) is 5.96. The second kappa shape index (κ2) is 9.59. The van der Waals surface area contributed by atoms with Crippen molar-refractivity contribution in [1.29, 1.82) is 0 Å².